The number of nitrogens with zero attached hydrogens (tertiary/aromatic N) is 3. The Labute approximate surface area is 199 Å². The SMILES string of the molecule is CC1=Cc2cc(Oc3ccnc(Nc4cccc(CCC(=O)N5CCOCC5)c4)n3)ccc2C1. The Balaban J connectivity index is 1.21. The van der Waals surface area contributed by atoms with Gasteiger partial charge in [0.1, 0.15) is 5.75 Å². The fourth-order valence-corrected chi connectivity index (χ4v) is 4.28. The van der Waals surface area contributed by atoms with Crippen LogP contribution in [-0.4, -0.2) is 47.1 Å². The number of hydrogen-bond acceptors (Lipinski definition) is 6. The van der Waals surface area contributed by atoms with Crippen LogP contribution >= 0.6 is 0 Å². The Morgan fingerprint density at radius 3 is 2.91 bits per heavy atom. The van der Waals surface area contributed by atoms with Crippen LogP contribution in [0.3, 0.4) is 0 Å². The molecule has 0 atom stereocenters. The maximum atomic E-state index is 12.4. The zero-order valence-electron chi connectivity index (χ0n) is 19.3. The molecule has 7 nitrogen and oxygen atoms in total. The first-order valence-electron chi connectivity index (χ1n) is 11.6. The van der Waals surface area contributed by atoms with Crippen LogP contribution in [-0.2, 0) is 22.4 Å². The number of aryl methyl sites for hydroxylation is 1. The van der Waals surface area contributed by atoms with Gasteiger partial charge in [-0.3, -0.25) is 4.79 Å². The summed E-state index contributed by atoms with van der Waals surface area (Å²) in [6.07, 6.45) is 6.03. The zero-order valence-corrected chi connectivity index (χ0v) is 19.3. The fourth-order valence-electron chi connectivity index (χ4n) is 4.28. The molecule has 2 aliphatic rings. The van der Waals surface area contributed by atoms with E-state index in [0.717, 1.165) is 23.4 Å². The highest BCUT2D eigenvalue weighted by molar-refractivity contribution is 5.76. The molecule has 1 N–H and O–H groups in total. The van der Waals surface area contributed by atoms with E-state index in [1.54, 1.807) is 12.3 Å². The van der Waals surface area contributed by atoms with E-state index >= 15 is 0 Å². The molecular weight excluding hydrogens is 428 g/mol. The number of morpholine rings is 1. The van der Waals surface area contributed by atoms with Crippen LogP contribution in [0.5, 0.6) is 11.6 Å². The average molecular weight is 457 g/mol. The van der Waals surface area contributed by atoms with Crippen molar-refractivity contribution in [1.82, 2.24) is 14.9 Å². The van der Waals surface area contributed by atoms with Crippen molar-refractivity contribution in [3.63, 3.8) is 0 Å². The number of fused-ring (bicyclic) bond motifs is 1. The van der Waals surface area contributed by atoms with E-state index in [-0.39, 0.29) is 5.91 Å². The van der Waals surface area contributed by atoms with Crippen molar-refractivity contribution in [2.45, 2.75) is 26.2 Å². The quantitative estimate of drug-likeness (QED) is 0.552. The summed E-state index contributed by atoms with van der Waals surface area (Å²) in [5.74, 6) is 1.85. The highest BCUT2D eigenvalue weighted by atomic mass is 16.5. The molecule has 2 aromatic carbocycles. The Hall–Kier alpha value is -3.71. The minimum absolute atomic E-state index is 0.173. The third-order valence-corrected chi connectivity index (χ3v) is 6.02. The van der Waals surface area contributed by atoms with E-state index in [9.17, 15) is 4.79 Å². The summed E-state index contributed by atoms with van der Waals surface area (Å²) in [4.78, 5) is 23.1. The monoisotopic (exact) mass is 456 g/mol. The second kappa shape index (κ2) is 10.1. The third kappa shape index (κ3) is 5.43. The van der Waals surface area contributed by atoms with Gasteiger partial charge < -0.3 is 19.7 Å². The van der Waals surface area contributed by atoms with Crippen molar-refractivity contribution < 1.29 is 14.3 Å². The molecule has 2 heterocycles. The van der Waals surface area contributed by atoms with E-state index in [2.05, 4.69) is 34.4 Å². The Bertz CT molecular complexity index is 1220. The van der Waals surface area contributed by atoms with Crippen molar-refractivity contribution in [3.05, 3.63) is 77.0 Å². The van der Waals surface area contributed by atoms with Gasteiger partial charge in [-0.2, -0.15) is 4.98 Å². The van der Waals surface area contributed by atoms with Crippen molar-refractivity contribution in [1.29, 1.82) is 0 Å². The molecule has 1 aliphatic carbocycles. The van der Waals surface area contributed by atoms with Gasteiger partial charge in [-0.1, -0.05) is 29.8 Å². The lowest BCUT2D eigenvalue weighted by molar-refractivity contribution is -0.135. The first-order chi connectivity index (χ1) is 16.6. The van der Waals surface area contributed by atoms with Gasteiger partial charge >= 0.3 is 0 Å². The number of carbonyl (C=O) groups is 1. The number of carbonyl (C=O) groups excluding carboxylic acids is 1. The van der Waals surface area contributed by atoms with Gasteiger partial charge in [0, 0.05) is 37.5 Å². The Kier molecular flexibility index (Phi) is 6.53. The summed E-state index contributed by atoms with van der Waals surface area (Å²) in [5, 5.41) is 3.25. The summed E-state index contributed by atoms with van der Waals surface area (Å²) >= 11 is 0. The van der Waals surface area contributed by atoms with Crippen LogP contribution in [0, 0.1) is 0 Å². The van der Waals surface area contributed by atoms with Crippen molar-refractivity contribution in [3.8, 4) is 11.6 Å². The van der Waals surface area contributed by atoms with Gasteiger partial charge in [-0.25, -0.2) is 4.98 Å². The molecule has 3 aromatic rings. The molecule has 1 saturated heterocycles. The molecule has 0 bridgehead atoms. The lowest BCUT2D eigenvalue weighted by Gasteiger charge is -2.26. The second-order valence-electron chi connectivity index (χ2n) is 8.67. The normalized spacial score (nSPS) is 15.0. The summed E-state index contributed by atoms with van der Waals surface area (Å²) in [7, 11) is 0. The number of hydrogen-bond donors (Lipinski definition) is 1. The van der Waals surface area contributed by atoms with Gasteiger partial charge in [-0.05, 0) is 60.7 Å². The number of ether oxygens (including phenoxy) is 2. The summed E-state index contributed by atoms with van der Waals surface area (Å²) < 4.78 is 11.3. The predicted molar refractivity (Wildman–Crippen MR) is 131 cm³/mol. The van der Waals surface area contributed by atoms with Gasteiger partial charge in [-0.15, -0.1) is 0 Å². The number of amides is 1. The first-order valence-corrected chi connectivity index (χ1v) is 11.6. The molecule has 1 fully saturated rings. The number of aromatic nitrogens is 2. The maximum absolute atomic E-state index is 12.4. The molecule has 1 aromatic heterocycles. The number of nitrogens with one attached hydrogen (secondary N) is 1. The number of allylic oxidation sites excluding steroid dienone is 1. The first kappa shape index (κ1) is 22.1. The fraction of sp³-hybridized carbons (Fsp3) is 0.296. The average Bonchev–Trinajstić information content (AvgIpc) is 3.23. The predicted octanol–water partition coefficient (Wildman–Crippen LogP) is 4.76. The van der Waals surface area contributed by atoms with E-state index in [4.69, 9.17) is 9.47 Å². The molecule has 0 saturated carbocycles. The highest BCUT2D eigenvalue weighted by Gasteiger charge is 2.16. The smallest absolute Gasteiger partial charge is 0.230 e. The minimum Gasteiger partial charge on any atom is -0.439 e. The number of benzene rings is 2. The summed E-state index contributed by atoms with van der Waals surface area (Å²) in [5.41, 5.74) is 5.83. The van der Waals surface area contributed by atoms with Crippen LogP contribution in [0.25, 0.3) is 6.08 Å². The van der Waals surface area contributed by atoms with Crippen molar-refractivity contribution in [2.24, 2.45) is 0 Å². The second-order valence-corrected chi connectivity index (χ2v) is 8.67. The van der Waals surface area contributed by atoms with E-state index in [1.165, 1.54) is 16.7 Å². The topological polar surface area (TPSA) is 76.6 Å². The van der Waals surface area contributed by atoms with Gasteiger partial charge in [0.25, 0.3) is 0 Å². The lowest BCUT2D eigenvalue weighted by Crippen LogP contribution is -2.40. The Morgan fingerprint density at radius 1 is 1.15 bits per heavy atom. The lowest BCUT2D eigenvalue weighted by atomic mass is 10.1. The van der Waals surface area contributed by atoms with Crippen molar-refractivity contribution >= 4 is 23.6 Å². The third-order valence-electron chi connectivity index (χ3n) is 6.02. The van der Waals surface area contributed by atoms with Gasteiger partial charge in [0.05, 0.1) is 13.2 Å². The molecule has 0 radical (unpaired) electrons. The molecule has 174 valence electrons. The minimum atomic E-state index is 0.173. The molecular formula is C27H28N4O3. The number of rotatable bonds is 7. The maximum Gasteiger partial charge on any atom is 0.230 e. The number of anilines is 2. The molecule has 0 unspecified atom stereocenters. The van der Waals surface area contributed by atoms with Crippen LogP contribution < -0.4 is 10.1 Å². The summed E-state index contributed by atoms with van der Waals surface area (Å²) in [6, 6.07) is 15.9. The molecule has 34 heavy (non-hydrogen) atoms. The molecule has 1 aliphatic heterocycles. The highest BCUT2D eigenvalue weighted by Crippen LogP contribution is 2.30. The van der Waals surface area contributed by atoms with Crippen LogP contribution in [0.1, 0.15) is 30.0 Å². The Morgan fingerprint density at radius 2 is 2.03 bits per heavy atom. The largest absolute Gasteiger partial charge is 0.439 e. The summed E-state index contributed by atoms with van der Waals surface area (Å²) in [6.45, 7) is 4.74. The van der Waals surface area contributed by atoms with Gasteiger partial charge in [0.2, 0.25) is 17.7 Å². The van der Waals surface area contributed by atoms with Crippen LogP contribution in [0.15, 0.2) is 60.3 Å². The standard InChI is InChI=1S/C27H28N4O3/c1-19-15-21-6-7-24(18-22(21)16-19)34-25-9-10-28-27(30-25)29-23-4-2-3-20(17-23)5-8-26(32)31-11-13-33-14-12-31/h2-4,6-7,9-10,16-18H,5,8,11-15H2,1H3,(H,28,29,30). The van der Waals surface area contributed by atoms with Gasteiger partial charge in [0.15, 0.2) is 0 Å². The van der Waals surface area contributed by atoms with Crippen molar-refractivity contribution in [2.75, 3.05) is 31.6 Å². The molecule has 1 amide bonds. The van der Waals surface area contributed by atoms with E-state index in [0.29, 0.717) is 51.0 Å². The molecule has 0 spiro atoms. The van der Waals surface area contributed by atoms with Crippen LogP contribution in [0.4, 0.5) is 11.6 Å². The van der Waals surface area contributed by atoms with E-state index < -0.39 is 0 Å². The zero-order chi connectivity index (χ0) is 23.3. The molecule has 5 rings (SSSR count). The van der Waals surface area contributed by atoms with Crippen LogP contribution in [0.2, 0.25) is 0 Å². The molecule has 7 heteroatoms. The van der Waals surface area contributed by atoms with E-state index in [1.807, 2.05) is 41.3 Å².